The Morgan fingerprint density at radius 1 is 1.50 bits per heavy atom. The minimum atomic E-state index is -0.595. The van der Waals surface area contributed by atoms with Gasteiger partial charge in [-0.2, -0.15) is 0 Å². The van der Waals surface area contributed by atoms with Crippen molar-refractivity contribution in [3.8, 4) is 0 Å². The number of hydrogen-bond donors (Lipinski definition) is 1. The molecule has 0 aliphatic rings. The van der Waals surface area contributed by atoms with Crippen molar-refractivity contribution in [3.63, 3.8) is 0 Å². The molecule has 3 nitrogen and oxygen atoms in total. The van der Waals surface area contributed by atoms with Gasteiger partial charge in [0.1, 0.15) is 0 Å². The van der Waals surface area contributed by atoms with Gasteiger partial charge in [-0.3, -0.25) is 9.78 Å². The van der Waals surface area contributed by atoms with Crippen molar-refractivity contribution < 1.29 is 4.79 Å². The average Bonchev–Trinajstić information content (AvgIpc) is 2.29. The molecular weight excluding hydrogens is 247 g/mol. The van der Waals surface area contributed by atoms with Crippen molar-refractivity contribution in [3.05, 3.63) is 29.6 Å². The molecule has 16 heavy (non-hydrogen) atoms. The van der Waals surface area contributed by atoms with Crippen LogP contribution in [0.5, 0.6) is 0 Å². The Bertz CT molecular complexity index is 378. The second kappa shape index (κ2) is 5.51. The van der Waals surface area contributed by atoms with Crippen molar-refractivity contribution in [2.75, 3.05) is 11.8 Å². The smallest absolute Gasteiger partial charge is 0.253 e. The lowest BCUT2D eigenvalue weighted by molar-refractivity contribution is 0.0920. The van der Waals surface area contributed by atoms with E-state index >= 15 is 0 Å². The standard InChI is InChI=1S/C11H14Cl2N2O/c1-8-9(4-3-5-14-8)10(16)15-11(2,6-12)7-13/h3-5H,6-7H2,1-2H3,(H,15,16). The first kappa shape index (κ1) is 13.3. The van der Waals surface area contributed by atoms with E-state index in [0.717, 1.165) is 0 Å². The van der Waals surface area contributed by atoms with E-state index in [9.17, 15) is 4.79 Å². The lowest BCUT2D eigenvalue weighted by Crippen LogP contribution is -2.49. The highest BCUT2D eigenvalue weighted by Gasteiger charge is 2.25. The monoisotopic (exact) mass is 260 g/mol. The first-order valence-corrected chi connectivity index (χ1v) is 5.95. The fourth-order valence-electron chi connectivity index (χ4n) is 1.17. The summed E-state index contributed by atoms with van der Waals surface area (Å²) in [6.07, 6.45) is 1.65. The number of amides is 1. The largest absolute Gasteiger partial charge is 0.344 e. The Labute approximate surface area is 105 Å². The van der Waals surface area contributed by atoms with Gasteiger partial charge in [-0.25, -0.2) is 0 Å². The molecule has 0 saturated carbocycles. The normalized spacial score (nSPS) is 11.2. The summed E-state index contributed by atoms with van der Waals surface area (Å²) in [7, 11) is 0. The maximum absolute atomic E-state index is 11.9. The van der Waals surface area contributed by atoms with Gasteiger partial charge in [-0.15, -0.1) is 23.2 Å². The van der Waals surface area contributed by atoms with Gasteiger partial charge in [-0.05, 0) is 26.0 Å². The number of carbonyl (C=O) groups excluding carboxylic acids is 1. The van der Waals surface area contributed by atoms with Gasteiger partial charge in [0, 0.05) is 23.7 Å². The predicted molar refractivity (Wildman–Crippen MR) is 66.3 cm³/mol. The summed E-state index contributed by atoms with van der Waals surface area (Å²) in [6, 6.07) is 3.45. The molecule has 5 heteroatoms. The number of pyridine rings is 1. The molecule has 0 aromatic carbocycles. The molecule has 0 radical (unpaired) electrons. The number of halogens is 2. The van der Waals surface area contributed by atoms with E-state index < -0.39 is 5.54 Å². The third kappa shape index (κ3) is 3.09. The number of nitrogens with zero attached hydrogens (tertiary/aromatic N) is 1. The number of rotatable bonds is 4. The quantitative estimate of drug-likeness (QED) is 0.845. The number of nitrogens with one attached hydrogen (secondary N) is 1. The number of carbonyl (C=O) groups is 1. The molecule has 0 aliphatic carbocycles. The van der Waals surface area contributed by atoms with Crippen LogP contribution in [0.25, 0.3) is 0 Å². The Balaban J connectivity index is 2.84. The molecule has 1 N–H and O–H groups in total. The van der Waals surface area contributed by atoms with Gasteiger partial charge >= 0.3 is 0 Å². The van der Waals surface area contributed by atoms with Crippen LogP contribution in [0.3, 0.4) is 0 Å². The lowest BCUT2D eigenvalue weighted by atomic mass is 10.1. The maximum Gasteiger partial charge on any atom is 0.253 e. The van der Waals surface area contributed by atoms with Crippen LogP contribution in [-0.4, -0.2) is 28.2 Å². The molecule has 0 spiro atoms. The average molecular weight is 261 g/mol. The van der Waals surface area contributed by atoms with Gasteiger partial charge < -0.3 is 5.32 Å². The van der Waals surface area contributed by atoms with Crippen LogP contribution in [0.2, 0.25) is 0 Å². The molecule has 0 saturated heterocycles. The topological polar surface area (TPSA) is 42.0 Å². The van der Waals surface area contributed by atoms with E-state index in [0.29, 0.717) is 11.3 Å². The first-order valence-electron chi connectivity index (χ1n) is 4.88. The van der Waals surface area contributed by atoms with Gasteiger partial charge in [-0.1, -0.05) is 0 Å². The Morgan fingerprint density at radius 2 is 2.12 bits per heavy atom. The molecule has 1 rings (SSSR count). The minimum Gasteiger partial charge on any atom is -0.344 e. The first-order chi connectivity index (χ1) is 7.52. The number of aromatic nitrogens is 1. The van der Waals surface area contributed by atoms with Crippen LogP contribution in [0.1, 0.15) is 23.0 Å². The van der Waals surface area contributed by atoms with E-state index in [1.807, 2.05) is 0 Å². The van der Waals surface area contributed by atoms with E-state index in [4.69, 9.17) is 23.2 Å². The fraction of sp³-hybridized carbons (Fsp3) is 0.455. The summed E-state index contributed by atoms with van der Waals surface area (Å²) in [6.45, 7) is 3.59. The third-order valence-electron chi connectivity index (χ3n) is 2.26. The zero-order valence-electron chi connectivity index (χ0n) is 9.26. The highest BCUT2D eigenvalue weighted by Crippen LogP contribution is 2.11. The zero-order valence-corrected chi connectivity index (χ0v) is 10.8. The Kier molecular flexibility index (Phi) is 4.56. The predicted octanol–water partition coefficient (Wildman–Crippen LogP) is 2.36. The molecule has 1 aromatic heterocycles. The second-order valence-electron chi connectivity index (χ2n) is 3.92. The van der Waals surface area contributed by atoms with Gasteiger partial charge in [0.15, 0.2) is 0 Å². The van der Waals surface area contributed by atoms with Crippen LogP contribution in [0.4, 0.5) is 0 Å². The van der Waals surface area contributed by atoms with E-state index in [1.54, 1.807) is 32.2 Å². The van der Waals surface area contributed by atoms with Crippen LogP contribution < -0.4 is 5.32 Å². The lowest BCUT2D eigenvalue weighted by Gasteiger charge is -2.26. The number of aryl methyl sites for hydroxylation is 1. The molecule has 0 fully saturated rings. The summed E-state index contributed by atoms with van der Waals surface area (Å²) in [5.41, 5.74) is 0.637. The van der Waals surface area contributed by atoms with Gasteiger partial charge in [0.05, 0.1) is 11.1 Å². The van der Waals surface area contributed by atoms with Crippen molar-refractivity contribution in [2.24, 2.45) is 0 Å². The fourth-order valence-corrected chi connectivity index (χ4v) is 1.59. The molecule has 0 unspecified atom stereocenters. The van der Waals surface area contributed by atoms with Gasteiger partial charge in [0.25, 0.3) is 5.91 Å². The Hall–Kier alpha value is -0.800. The van der Waals surface area contributed by atoms with Crippen LogP contribution in [-0.2, 0) is 0 Å². The molecule has 1 amide bonds. The summed E-state index contributed by atoms with van der Waals surface area (Å²) in [5.74, 6) is 0.331. The number of hydrogen-bond acceptors (Lipinski definition) is 2. The van der Waals surface area contributed by atoms with E-state index in [-0.39, 0.29) is 17.7 Å². The summed E-state index contributed by atoms with van der Waals surface area (Å²) in [5, 5.41) is 2.81. The van der Waals surface area contributed by atoms with Gasteiger partial charge in [0.2, 0.25) is 0 Å². The highest BCUT2D eigenvalue weighted by atomic mass is 35.5. The minimum absolute atomic E-state index is 0.200. The molecule has 0 aliphatic heterocycles. The number of alkyl halides is 2. The maximum atomic E-state index is 11.9. The van der Waals surface area contributed by atoms with Crippen LogP contribution >= 0.6 is 23.2 Å². The Morgan fingerprint density at radius 3 is 2.62 bits per heavy atom. The molecule has 1 heterocycles. The molecule has 1 aromatic rings. The second-order valence-corrected chi connectivity index (χ2v) is 4.45. The van der Waals surface area contributed by atoms with Crippen molar-refractivity contribution >= 4 is 29.1 Å². The molecule has 88 valence electrons. The molecule has 0 atom stereocenters. The summed E-state index contributed by atoms with van der Waals surface area (Å²) >= 11 is 11.5. The van der Waals surface area contributed by atoms with Crippen molar-refractivity contribution in [1.29, 1.82) is 0 Å². The van der Waals surface area contributed by atoms with Crippen LogP contribution in [0, 0.1) is 6.92 Å². The van der Waals surface area contributed by atoms with E-state index in [2.05, 4.69) is 10.3 Å². The summed E-state index contributed by atoms with van der Waals surface area (Å²) < 4.78 is 0. The SMILES string of the molecule is Cc1ncccc1C(=O)NC(C)(CCl)CCl. The van der Waals surface area contributed by atoms with E-state index in [1.165, 1.54) is 0 Å². The molecular formula is C11H14Cl2N2O. The zero-order chi connectivity index (χ0) is 12.2. The van der Waals surface area contributed by atoms with Crippen LogP contribution in [0.15, 0.2) is 18.3 Å². The van der Waals surface area contributed by atoms with Crippen molar-refractivity contribution in [1.82, 2.24) is 10.3 Å². The molecule has 0 bridgehead atoms. The highest BCUT2D eigenvalue weighted by molar-refractivity contribution is 6.22. The third-order valence-corrected chi connectivity index (χ3v) is 3.44. The van der Waals surface area contributed by atoms with Crippen molar-refractivity contribution in [2.45, 2.75) is 19.4 Å². The summed E-state index contributed by atoms with van der Waals surface area (Å²) in [4.78, 5) is 16.0.